The van der Waals surface area contributed by atoms with Crippen molar-refractivity contribution in [2.75, 3.05) is 25.3 Å². The van der Waals surface area contributed by atoms with Gasteiger partial charge in [0.2, 0.25) is 11.8 Å². The van der Waals surface area contributed by atoms with Crippen LogP contribution < -0.4 is 14.8 Å². The highest BCUT2D eigenvalue weighted by molar-refractivity contribution is 7.99. The number of nitrogens with one attached hydrogen (secondary N) is 1. The summed E-state index contributed by atoms with van der Waals surface area (Å²) < 4.78 is 29.8. The minimum atomic E-state index is -0.480. The molecule has 2 aromatic carbocycles. The molecule has 146 valence electrons. The molecule has 3 aromatic rings. The van der Waals surface area contributed by atoms with Gasteiger partial charge in [0.15, 0.2) is 11.5 Å². The molecule has 28 heavy (non-hydrogen) atoms. The van der Waals surface area contributed by atoms with Crippen LogP contribution in [-0.2, 0) is 4.79 Å². The van der Waals surface area contributed by atoms with Crippen molar-refractivity contribution >= 4 is 23.4 Å². The Kier molecular flexibility index (Phi) is 6.15. The van der Waals surface area contributed by atoms with Crippen LogP contribution in [0.4, 0.5) is 10.1 Å². The first-order chi connectivity index (χ1) is 13.5. The zero-order chi connectivity index (χ0) is 20.1. The predicted octanol–water partition coefficient (Wildman–Crippen LogP) is 3.93. The number of ether oxygens (including phenoxy) is 2. The molecule has 1 heterocycles. The average molecular weight is 403 g/mol. The van der Waals surface area contributed by atoms with Gasteiger partial charge in [-0.2, -0.15) is 0 Å². The molecule has 0 saturated carbocycles. The van der Waals surface area contributed by atoms with Crippen LogP contribution >= 0.6 is 11.8 Å². The Labute approximate surface area is 165 Å². The Bertz CT molecular complexity index is 993. The fourth-order valence-corrected chi connectivity index (χ4v) is 2.95. The molecule has 9 heteroatoms. The first kappa shape index (κ1) is 19.7. The van der Waals surface area contributed by atoms with Gasteiger partial charge in [-0.25, -0.2) is 4.39 Å². The zero-order valence-corrected chi connectivity index (χ0v) is 16.3. The Hall–Kier alpha value is -3.07. The molecule has 7 nitrogen and oxygen atoms in total. The normalized spacial score (nSPS) is 10.6. The molecule has 0 atom stereocenters. The maximum Gasteiger partial charge on any atom is 0.277 e. The van der Waals surface area contributed by atoms with Crippen LogP contribution in [-0.4, -0.2) is 36.1 Å². The Morgan fingerprint density at radius 1 is 1.14 bits per heavy atom. The molecule has 3 rings (SSSR count). The summed E-state index contributed by atoms with van der Waals surface area (Å²) in [4.78, 5) is 12.0. The van der Waals surface area contributed by atoms with Gasteiger partial charge >= 0.3 is 0 Å². The summed E-state index contributed by atoms with van der Waals surface area (Å²) in [6.07, 6.45) is 0. The van der Waals surface area contributed by atoms with Crippen molar-refractivity contribution in [3.8, 4) is 23.0 Å². The van der Waals surface area contributed by atoms with Gasteiger partial charge in [0, 0.05) is 5.56 Å². The van der Waals surface area contributed by atoms with Crippen molar-refractivity contribution in [1.29, 1.82) is 0 Å². The Morgan fingerprint density at radius 3 is 2.64 bits per heavy atom. The quantitative estimate of drug-likeness (QED) is 0.598. The average Bonchev–Trinajstić information content (AvgIpc) is 3.17. The van der Waals surface area contributed by atoms with Crippen molar-refractivity contribution in [2.45, 2.75) is 12.1 Å². The molecular formula is C19H18FN3O4S. The van der Waals surface area contributed by atoms with E-state index in [1.807, 2.05) is 0 Å². The lowest BCUT2D eigenvalue weighted by molar-refractivity contribution is -0.113. The summed E-state index contributed by atoms with van der Waals surface area (Å²) in [6, 6.07) is 9.81. The Balaban J connectivity index is 1.62. The van der Waals surface area contributed by atoms with E-state index in [4.69, 9.17) is 13.9 Å². The third-order valence-electron chi connectivity index (χ3n) is 3.76. The largest absolute Gasteiger partial charge is 0.493 e. The molecule has 1 amide bonds. The van der Waals surface area contributed by atoms with Crippen molar-refractivity contribution in [3.63, 3.8) is 0 Å². The van der Waals surface area contributed by atoms with E-state index in [0.717, 1.165) is 17.3 Å². The standard InChI is InChI=1S/C19H18FN3O4S/c1-11-4-6-14(13(20)8-11)21-17(24)10-28-19-23-22-18(27-19)12-5-7-15(25-2)16(9-12)26-3/h4-9H,10H2,1-3H3,(H,21,24). The minimum absolute atomic E-state index is 0.000876. The highest BCUT2D eigenvalue weighted by atomic mass is 32.2. The van der Waals surface area contributed by atoms with Gasteiger partial charge in [0.1, 0.15) is 5.82 Å². The van der Waals surface area contributed by atoms with Crippen LogP contribution in [0.1, 0.15) is 5.56 Å². The molecule has 0 aliphatic heterocycles. The number of halogens is 1. The van der Waals surface area contributed by atoms with Gasteiger partial charge in [-0.05, 0) is 42.8 Å². The van der Waals surface area contributed by atoms with Crippen molar-refractivity contribution < 1.29 is 23.1 Å². The molecule has 1 N–H and O–H groups in total. The molecule has 0 saturated heterocycles. The number of nitrogens with zero attached hydrogens (tertiary/aromatic N) is 2. The fourth-order valence-electron chi connectivity index (χ4n) is 2.39. The predicted molar refractivity (Wildman–Crippen MR) is 103 cm³/mol. The van der Waals surface area contributed by atoms with Gasteiger partial charge in [0.05, 0.1) is 25.7 Å². The van der Waals surface area contributed by atoms with Gasteiger partial charge in [-0.3, -0.25) is 4.79 Å². The third kappa shape index (κ3) is 4.61. The maximum absolute atomic E-state index is 13.8. The summed E-state index contributed by atoms with van der Waals surface area (Å²) in [5.41, 5.74) is 1.56. The van der Waals surface area contributed by atoms with Crippen LogP contribution in [0.2, 0.25) is 0 Å². The number of hydrogen-bond acceptors (Lipinski definition) is 7. The second-order valence-corrected chi connectivity index (χ2v) is 6.69. The molecule has 0 spiro atoms. The van der Waals surface area contributed by atoms with Crippen LogP contribution in [0.3, 0.4) is 0 Å². The number of anilines is 1. The van der Waals surface area contributed by atoms with E-state index in [9.17, 15) is 9.18 Å². The molecule has 0 aliphatic carbocycles. The number of aromatic nitrogens is 2. The summed E-state index contributed by atoms with van der Waals surface area (Å²) in [5, 5.41) is 10.6. The van der Waals surface area contributed by atoms with E-state index in [2.05, 4.69) is 15.5 Å². The number of amides is 1. The monoisotopic (exact) mass is 403 g/mol. The van der Waals surface area contributed by atoms with E-state index in [0.29, 0.717) is 17.1 Å². The Morgan fingerprint density at radius 2 is 1.93 bits per heavy atom. The molecule has 0 fully saturated rings. The summed E-state index contributed by atoms with van der Waals surface area (Å²) in [5.74, 6) is 0.548. The number of carbonyl (C=O) groups is 1. The number of carbonyl (C=O) groups excluding carboxylic acids is 1. The van der Waals surface area contributed by atoms with Crippen molar-refractivity contribution in [1.82, 2.24) is 10.2 Å². The second-order valence-electron chi connectivity index (χ2n) is 5.76. The van der Waals surface area contributed by atoms with Crippen molar-refractivity contribution in [3.05, 3.63) is 47.8 Å². The molecule has 0 radical (unpaired) electrons. The van der Waals surface area contributed by atoms with Gasteiger partial charge < -0.3 is 19.2 Å². The fraction of sp³-hybridized carbons (Fsp3) is 0.211. The molecule has 0 bridgehead atoms. The third-order valence-corrected chi connectivity index (χ3v) is 4.58. The van der Waals surface area contributed by atoms with Gasteiger partial charge in [-0.1, -0.05) is 17.8 Å². The lowest BCUT2D eigenvalue weighted by Gasteiger charge is -2.07. The molecule has 1 aromatic heterocycles. The van der Waals surface area contributed by atoms with Gasteiger partial charge in [-0.15, -0.1) is 10.2 Å². The van der Waals surface area contributed by atoms with Crippen LogP contribution in [0, 0.1) is 12.7 Å². The van der Waals surface area contributed by atoms with Crippen LogP contribution in [0.5, 0.6) is 11.5 Å². The number of thioether (sulfide) groups is 1. The maximum atomic E-state index is 13.8. The number of methoxy groups -OCH3 is 2. The highest BCUT2D eigenvalue weighted by Gasteiger charge is 2.14. The molecular weight excluding hydrogens is 385 g/mol. The number of aryl methyl sites for hydroxylation is 1. The minimum Gasteiger partial charge on any atom is -0.493 e. The topological polar surface area (TPSA) is 86.5 Å². The van der Waals surface area contributed by atoms with E-state index >= 15 is 0 Å². The smallest absolute Gasteiger partial charge is 0.277 e. The summed E-state index contributed by atoms with van der Waals surface area (Å²) in [6.45, 7) is 1.77. The number of benzene rings is 2. The number of hydrogen-bond donors (Lipinski definition) is 1. The zero-order valence-electron chi connectivity index (χ0n) is 15.5. The van der Waals surface area contributed by atoms with E-state index in [1.165, 1.54) is 19.2 Å². The molecule has 0 unspecified atom stereocenters. The molecule has 0 aliphatic rings. The summed E-state index contributed by atoms with van der Waals surface area (Å²) in [7, 11) is 3.08. The first-order valence-electron chi connectivity index (χ1n) is 8.25. The number of rotatable bonds is 7. The highest BCUT2D eigenvalue weighted by Crippen LogP contribution is 2.32. The van der Waals surface area contributed by atoms with E-state index < -0.39 is 5.82 Å². The van der Waals surface area contributed by atoms with E-state index in [-0.39, 0.29) is 28.5 Å². The van der Waals surface area contributed by atoms with Crippen LogP contribution in [0.15, 0.2) is 46.0 Å². The lowest BCUT2D eigenvalue weighted by atomic mass is 10.2. The van der Waals surface area contributed by atoms with Gasteiger partial charge in [0.25, 0.3) is 5.22 Å². The van der Waals surface area contributed by atoms with Crippen molar-refractivity contribution in [2.24, 2.45) is 0 Å². The lowest BCUT2D eigenvalue weighted by Crippen LogP contribution is -2.15. The van der Waals surface area contributed by atoms with Crippen LogP contribution in [0.25, 0.3) is 11.5 Å². The SMILES string of the molecule is COc1ccc(-c2nnc(SCC(=O)Nc3ccc(C)cc3F)o2)cc1OC. The van der Waals surface area contributed by atoms with E-state index in [1.54, 1.807) is 38.3 Å². The summed E-state index contributed by atoms with van der Waals surface area (Å²) >= 11 is 1.06. The first-order valence-corrected chi connectivity index (χ1v) is 9.23. The second kappa shape index (κ2) is 8.75.